The number of Topliss-reactive ketones (excluding diaryl/α,β-unsaturated/α-hetero) is 1. The lowest BCUT2D eigenvalue weighted by molar-refractivity contribution is -0.132. The van der Waals surface area contributed by atoms with Gasteiger partial charge in [-0.25, -0.2) is 0 Å². The van der Waals surface area contributed by atoms with Crippen LogP contribution in [0.5, 0.6) is 5.75 Å². The van der Waals surface area contributed by atoms with E-state index in [9.17, 15) is 14.7 Å². The number of anilines is 1. The molecule has 1 aliphatic rings. The van der Waals surface area contributed by atoms with E-state index < -0.39 is 17.7 Å². The first kappa shape index (κ1) is 22.3. The summed E-state index contributed by atoms with van der Waals surface area (Å²) in [7, 11) is 1.56. The summed E-state index contributed by atoms with van der Waals surface area (Å²) in [6.07, 6.45) is 3.24. The Morgan fingerprint density at radius 3 is 2.39 bits per heavy atom. The Bertz CT molecular complexity index is 1230. The maximum Gasteiger partial charge on any atom is 0.300 e. The monoisotopic (exact) mass is 442 g/mol. The average Bonchev–Trinajstić information content (AvgIpc) is 3.09. The van der Waals surface area contributed by atoms with Crippen molar-refractivity contribution in [2.24, 2.45) is 0 Å². The van der Waals surface area contributed by atoms with Gasteiger partial charge in [0.1, 0.15) is 11.5 Å². The van der Waals surface area contributed by atoms with Gasteiger partial charge in [0.25, 0.3) is 11.7 Å². The highest BCUT2D eigenvalue weighted by atomic mass is 16.5. The molecule has 168 valence electrons. The second kappa shape index (κ2) is 8.90. The summed E-state index contributed by atoms with van der Waals surface area (Å²) in [5.74, 6) is -0.665. The molecule has 0 spiro atoms. The van der Waals surface area contributed by atoms with Crippen molar-refractivity contribution in [3.05, 3.63) is 94.8 Å². The number of hydrogen-bond acceptors (Lipinski definition) is 5. The minimum Gasteiger partial charge on any atom is -0.507 e. The lowest BCUT2D eigenvalue weighted by Crippen LogP contribution is -2.29. The van der Waals surface area contributed by atoms with Crippen LogP contribution in [0.15, 0.2) is 72.6 Å². The molecule has 6 heteroatoms. The molecule has 1 saturated heterocycles. The summed E-state index contributed by atoms with van der Waals surface area (Å²) in [5.41, 5.74) is 3.58. The first-order valence-electron chi connectivity index (χ1n) is 10.8. The predicted molar refractivity (Wildman–Crippen MR) is 127 cm³/mol. The molecule has 0 saturated carbocycles. The maximum atomic E-state index is 13.2. The number of nitrogens with zero attached hydrogens (tertiary/aromatic N) is 2. The molecule has 1 aliphatic heterocycles. The van der Waals surface area contributed by atoms with Crippen LogP contribution in [0.4, 0.5) is 5.69 Å². The zero-order valence-corrected chi connectivity index (χ0v) is 19.1. The van der Waals surface area contributed by atoms with Crippen molar-refractivity contribution in [2.45, 2.75) is 32.7 Å². The molecular weight excluding hydrogens is 416 g/mol. The molecule has 2 heterocycles. The lowest BCUT2D eigenvalue weighted by Gasteiger charge is -2.25. The SMILES string of the molecule is COc1ccc(/C(O)=C2/C(=O)C(=O)N(c3ccc(C(C)C)cc3)C2c2cccnc2)c(C)c1. The van der Waals surface area contributed by atoms with Gasteiger partial charge in [-0.1, -0.05) is 32.0 Å². The standard InChI is InChI=1S/C27H26N2O4/c1-16(2)18-7-9-20(10-8-18)29-24(19-6-5-13-28-15-19)23(26(31)27(29)32)25(30)22-12-11-21(33-4)14-17(22)3/h5-16,24,30H,1-4H3/b25-23-. The van der Waals surface area contributed by atoms with E-state index in [1.807, 2.05) is 31.2 Å². The molecule has 3 aromatic rings. The number of hydrogen-bond donors (Lipinski definition) is 1. The largest absolute Gasteiger partial charge is 0.507 e. The molecule has 0 aliphatic carbocycles. The first-order valence-corrected chi connectivity index (χ1v) is 10.8. The summed E-state index contributed by atoms with van der Waals surface area (Å²) < 4.78 is 5.25. The number of aromatic nitrogens is 1. The Morgan fingerprint density at radius 2 is 1.82 bits per heavy atom. The summed E-state index contributed by atoms with van der Waals surface area (Å²) in [6, 6.07) is 15.5. The summed E-state index contributed by atoms with van der Waals surface area (Å²) in [5, 5.41) is 11.3. The van der Waals surface area contributed by atoms with Gasteiger partial charge in [-0.15, -0.1) is 0 Å². The smallest absolute Gasteiger partial charge is 0.300 e. The number of rotatable bonds is 5. The topological polar surface area (TPSA) is 79.7 Å². The fourth-order valence-corrected chi connectivity index (χ4v) is 4.15. The van der Waals surface area contributed by atoms with E-state index in [-0.39, 0.29) is 11.3 Å². The number of ketones is 1. The molecule has 1 amide bonds. The van der Waals surface area contributed by atoms with Crippen LogP contribution in [0, 0.1) is 6.92 Å². The van der Waals surface area contributed by atoms with Crippen molar-refractivity contribution in [3.8, 4) is 5.75 Å². The van der Waals surface area contributed by atoms with Crippen molar-refractivity contribution in [1.82, 2.24) is 4.98 Å². The number of ether oxygens (including phenoxy) is 1. The number of aryl methyl sites for hydroxylation is 1. The molecular formula is C27H26N2O4. The van der Waals surface area contributed by atoms with Crippen LogP contribution < -0.4 is 9.64 Å². The third-order valence-electron chi connectivity index (χ3n) is 5.97. The van der Waals surface area contributed by atoms with Crippen molar-refractivity contribution >= 4 is 23.1 Å². The number of aliphatic hydroxyl groups is 1. The number of pyridine rings is 1. The number of benzene rings is 2. The van der Waals surface area contributed by atoms with Gasteiger partial charge in [0.2, 0.25) is 0 Å². The van der Waals surface area contributed by atoms with Crippen LogP contribution in [0.3, 0.4) is 0 Å². The fourth-order valence-electron chi connectivity index (χ4n) is 4.15. The first-order chi connectivity index (χ1) is 15.8. The lowest BCUT2D eigenvalue weighted by atomic mass is 9.94. The minimum absolute atomic E-state index is 0.0363. The van der Waals surface area contributed by atoms with Crippen LogP contribution >= 0.6 is 0 Å². The van der Waals surface area contributed by atoms with E-state index in [0.29, 0.717) is 28.5 Å². The van der Waals surface area contributed by atoms with Crippen molar-refractivity contribution in [1.29, 1.82) is 0 Å². The van der Waals surface area contributed by atoms with Crippen LogP contribution in [0.2, 0.25) is 0 Å². The summed E-state index contributed by atoms with van der Waals surface area (Å²) in [6.45, 7) is 6.00. The van der Waals surface area contributed by atoms with Gasteiger partial charge >= 0.3 is 0 Å². The van der Waals surface area contributed by atoms with Crippen LogP contribution in [-0.2, 0) is 9.59 Å². The predicted octanol–water partition coefficient (Wildman–Crippen LogP) is 5.15. The van der Waals surface area contributed by atoms with E-state index >= 15 is 0 Å². The fraction of sp³-hybridized carbons (Fsp3) is 0.222. The van der Waals surface area contributed by atoms with Gasteiger partial charge in [0.05, 0.1) is 18.7 Å². The number of methoxy groups -OCH3 is 1. The Morgan fingerprint density at radius 1 is 1.09 bits per heavy atom. The summed E-state index contributed by atoms with van der Waals surface area (Å²) in [4.78, 5) is 32.1. The van der Waals surface area contributed by atoms with Crippen LogP contribution in [0.25, 0.3) is 5.76 Å². The molecule has 1 N–H and O–H groups in total. The second-order valence-corrected chi connectivity index (χ2v) is 8.38. The van der Waals surface area contributed by atoms with Gasteiger partial charge in [-0.05, 0) is 65.9 Å². The van der Waals surface area contributed by atoms with Crippen LogP contribution in [-0.4, -0.2) is 28.9 Å². The van der Waals surface area contributed by atoms with Crippen molar-refractivity contribution < 1.29 is 19.4 Å². The maximum absolute atomic E-state index is 13.2. The van der Waals surface area contributed by atoms with E-state index in [1.165, 1.54) is 4.90 Å². The van der Waals surface area contributed by atoms with E-state index in [1.54, 1.807) is 49.8 Å². The van der Waals surface area contributed by atoms with Gasteiger partial charge < -0.3 is 9.84 Å². The van der Waals surface area contributed by atoms with E-state index in [4.69, 9.17) is 4.74 Å². The Hall–Kier alpha value is -3.93. The zero-order chi connectivity index (χ0) is 23.7. The molecule has 1 fully saturated rings. The average molecular weight is 443 g/mol. The normalized spacial score (nSPS) is 17.6. The molecule has 0 bridgehead atoms. The molecule has 6 nitrogen and oxygen atoms in total. The van der Waals surface area contributed by atoms with E-state index in [2.05, 4.69) is 18.8 Å². The summed E-state index contributed by atoms with van der Waals surface area (Å²) >= 11 is 0. The molecule has 4 rings (SSSR count). The molecule has 1 aromatic heterocycles. The van der Waals surface area contributed by atoms with Gasteiger partial charge in [0, 0.05) is 23.6 Å². The third kappa shape index (κ3) is 4.00. The van der Waals surface area contributed by atoms with E-state index in [0.717, 1.165) is 11.1 Å². The van der Waals surface area contributed by atoms with Crippen molar-refractivity contribution in [3.63, 3.8) is 0 Å². The third-order valence-corrected chi connectivity index (χ3v) is 5.97. The van der Waals surface area contributed by atoms with Crippen LogP contribution in [0.1, 0.15) is 48.1 Å². The van der Waals surface area contributed by atoms with Gasteiger partial charge in [0.15, 0.2) is 0 Å². The number of carbonyl (C=O) groups is 2. The number of aliphatic hydroxyl groups excluding tert-OH is 1. The van der Waals surface area contributed by atoms with Gasteiger partial charge in [-0.2, -0.15) is 0 Å². The quantitative estimate of drug-likeness (QED) is 0.336. The highest BCUT2D eigenvalue weighted by Gasteiger charge is 2.47. The molecule has 33 heavy (non-hydrogen) atoms. The minimum atomic E-state index is -0.801. The number of amides is 1. The molecule has 0 radical (unpaired) electrons. The Balaban J connectivity index is 1.90. The second-order valence-electron chi connectivity index (χ2n) is 8.38. The molecule has 1 unspecified atom stereocenters. The Labute approximate surface area is 193 Å². The highest BCUT2D eigenvalue weighted by molar-refractivity contribution is 6.51. The Kier molecular flexibility index (Phi) is 6.01. The number of carbonyl (C=O) groups excluding carboxylic acids is 2. The molecule has 2 aromatic carbocycles. The van der Waals surface area contributed by atoms with Gasteiger partial charge in [-0.3, -0.25) is 19.5 Å². The highest BCUT2D eigenvalue weighted by Crippen LogP contribution is 2.42. The van der Waals surface area contributed by atoms with Crippen molar-refractivity contribution in [2.75, 3.05) is 12.0 Å². The molecule has 1 atom stereocenters. The zero-order valence-electron chi connectivity index (χ0n) is 19.1.